The Balaban J connectivity index is 0.00000136. The van der Waals surface area contributed by atoms with Gasteiger partial charge >= 0.3 is 6.30 Å². The largest absolute Gasteiger partial charge is 0.490 e. The molecule has 3 rings (SSSR count). The van der Waals surface area contributed by atoms with Gasteiger partial charge < -0.3 is 0 Å². The second kappa shape index (κ2) is 8.57. The van der Waals surface area contributed by atoms with Crippen molar-refractivity contribution in [3.05, 3.63) is 52.8 Å². The number of hydrogen-bond acceptors (Lipinski definition) is 5. The van der Waals surface area contributed by atoms with Crippen molar-refractivity contribution in [2.75, 3.05) is 10.3 Å². The van der Waals surface area contributed by atoms with Gasteiger partial charge in [0.2, 0.25) is 5.95 Å². The molecule has 3 N–H and O–H groups in total. The fraction of sp³-hybridized carbons (Fsp3) is 0.222. The molecule has 1 heterocycles. The van der Waals surface area contributed by atoms with Crippen LogP contribution in [0.1, 0.15) is 19.4 Å². The molecule has 0 spiro atoms. The van der Waals surface area contributed by atoms with E-state index in [0.29, 0.717) is 5.56 Å². The molecule has 0 aliphatic carbocycles. The standard InChI is InChI=1S/C16H12ClF4N5.C2H6/c1-8-4-10(18)7-11(5-8)26(16(19,20)21)14-12-3-2-9(17)6-13(12)23-15(24-14)25-22;1-2/h2-7H,22H2,1H3,(H,23,24,25);1-2H3. The summed E-state index contributed by atoms with van der Waals surface area (Å²) in [5.74, 6) is 3.74. The van der Waals surface area contributed by atoms with Gasteiger partial charge in [-0.3, -0.25) is 5.43 Å². The number of halogens is 5. The average Bonchev–Trinajstić information content (AvgIpc) is 2.61. The van der Waals surface area contributed by atoms with Gasteiger partial charge in [0.25, 0.3) is 0 Å². The third kappa shape index (κ3) is 4.60. The van der Waals surface area contributed by atoms with E-state index in [4.69, 9.17) is 17.4 Å². The van der Waals surface area contributed by atoms with Crippen LogP contribution < -0.4 is 16.2 Å². The molecular weight excluding hydrogens is 398 g/mol. The minimum absolute atomic E-state index is 0.0260. The number of alkyl halides is 3. The van der Waals surface area contributed by atoms with Crippen molar-refractivity contribution in [3.8, 4) is 0 Å². The van der Waals surface area contributed by atoms with Crippen LogP contribution >= 0.6 is 11.6 Å². The van der Waals surface area contributed by atoms with E-state index >= 15 is 0 Å². The molecular formula is C18H18ClF4N5. The summed E-state index contributed by atoms with van der Waals surface area (Å²) < 4.78 is 55.3. The van der Waals surface area contributed by atoms with Gasteiger partial charge in [-0.15, -0.1) is 13.2 Å². The number of fused-ring (bicyclic) bond motifs is 1. The van der Waals surface area contributed by atoms with Crippen molar-refractivity contribution in [1.82, 2.24) is 9.97 Å². The number of rotatable bonds is 3. The minimum atomic E-state index is -4.88. The summed E-state index contributed by atoms with van der Waals surface area (Å²) in [5.41, 5.74) is 2.18. The van der Waals surface area contributed by atoms with Crippen molar-refractivity contribution in [3.63, 3.8) is 0 Å². The summed E-state index contributed by atoms with van der Waals surface area (Å²) in [6.45, 7) is 5.49. The molecule has 0 atom stereocenters. The van der Waals surface area contributed by atoms with E-state index in [9.17, 15) is 17.6 Å². The summed E-state index contributed by atoms with van der Waals surface area (Å²) in [6.07, 6.45) is -4.88. The van der Waals surface area contributed by atoms with E-state index in [2.05, 4.69) is 15.4 Å². The average molecular weight is 416 g/mol. The molecule has 150 valence electrons. The normalized spacial score (nSPS) is 11.0. The first-order valence-electron chi connectivity index (χ1n) is 8.27. The summed E-state index contributed by atoms with van der Waals surface area (Å²) in [4.78, 5) is 7.83. The first-order chi connectivity index (χ1) is 13.2. The Morgan fingerprint density at radius 3 is 2.32 bits per heavy atom. The molecule has 0 radical (unpaired) electrons. The summed E-state index contributed by atoms with van der Waals surface area (Å²) in [6, 6.07) is 7.27. The minimum Gasteiger partial charge on any atom is -0.292 e. The molecule has 3 aromatic rings. The van der Waals surface area contributed by atoms with Crippen LogP contribution in [0, 0.1) is 12.7 Å². The molecule has 0 aliphatic rings. The SMILES string of the molecule is CC.Cc1cc(F)cc(N(c2nc(NN)nc3cc(Cl)ccc23)C(F)(F)F)c1. The number of aromatic nitrogens is 2. The second-order valence-corrected chi connectivity index (χ2v) is 5.90. The van der Waals surface area contributed by atoms with Crippen LogP contribution in [0.5, 0.6) is 0 Å². The van der Waals surface area contributed by atoms with E-state index in [0.717, 1.165) is 12.1 Å². The highest BCUT2D eigenvalue weighted by Gasteiger charge is 2.41. The number of nitrogens with one attached hydrogen (secondary N) is 1. The van der Waals surface area contributed by atoms with Gasteiger partial charge in [0, 0.05) is 10.4 Å². The zero-order valence-electron chi connectivity index (χ0n) is 15.3. The summed E-state index contributed by atoms with van der Waals surface area (Å²) in [7, 11) is 0. The van der Waals surface area contributed by atoms with Crippen LogP contribution in [0.3, 0.4) is 0 Å². The Hall–Kier alpha value is -2.65. The Kier molecular flexibility index (Phi) is 6.63. The third-order valence-electron chi connectivity index (χ3n) is 3.52. The van der Waals surface area contributed by atoms with Crippen molar-refractivity contribution in [2.24, 2.45) is 5.84 Å². The van der Waals surface area contributed by atoms with E-state index < -0.39 is 23.6 Å². The van der Waals surface area contributed by atoms with Gasteiger partial charge in [-0.25, -0.2) is 20.1 Å². The molecule has 0 bridgehead atoms. The number of aryl methyl sites for hydroxylation is 1. The molecule has 0 unspecified atom stereocenters. The van der Waals surface area contributed by atoms with Gasteiger partial charge in [0.1, 0.15) is 5.82 Å². The topological polar surface area (TPSA) is 67.1 Å². The number of anilines is 3. The Morgan fingerprint density at radius 1 is 1.07 bits per heavy atom. The number of nitrogens with two attached hydrogens (primary N) is 1. The Bertz CT molecular complexity index is 958. The van der Waals surface area contributed by atoms with Crippen molar-refractivity contribution in [1.29, 1.82) is 0 Å². The van der Waals surface area contributed by atoms with Gasteiger partial charge in [0.15, 0.2) is 5.82 Å². The van der Waals surface area contributed by atoms with E-state index in [1.165, 1.54) is 31.2 Å². The summed E-state index contributed by atoms with van der Waals surface area (Å²) >= 11 is 5.90. The first-order valence-corrected chi connectivity index (χ1v) is 8.65. The predicted molar refractivity (Wildman–Crippen MR) is 103 cm³/mol. The van der Waals surface area contributed by atoms with Crippen molar-refractivity contribution < 1.29 is 17.6 Å². The molecule has 28 heavy (non-hydrogen) atoms. The van der Waals surface area contributed by atoms with Gasteiger partial charge in [-0.05, 0) is 48.9 Å². The lowest BCUT2D eigenvalue weighted by Gasteiger charge is -2.27. The van der Waals surface area contributed by atoms with E-state index in [-0.39, 0.29) is 26.8 Å². The van der Waals surface area contributed by atoms with Crippen LogP contribution in [0.2, 0.25) is 5.02 Å². The molecule has 1 aromatic heterocycles. The lowest BCUT2D eigenvalue weighted by atomic mass is 10.1. The van der Waals surface area contributed by atoms with E-state index in [1.807, 2.05) is 13.8 Å². The van der Waals surface area contributed by atoms with Gasteiger partial charge in [-0.1, -0.05) is 25.4 Å². The zero-order chi connectivity index (χ0) is 21.1. The molecule has 0 saturated carbocycles. The molecule has 0 fully saturated rings. The van der Waals surface area contributed by atoms with Crippen LogP contribution in [0.15, 0.2) is 36.4 Å². The lowest BCUT2D eigenvalue weighted by molar-refractivity contribution is -0.121. The highest BCUT2D eigenvalue weighted by molar-refractivity contribution is 6.31. The van der Waals surface area contributed by atoms with Crippen LogP contribution in [0.4, 0.5) is 35.0 Å². The van der Waals surface area contributed by atoms with Gasteiger partial charge in [0.05, 0.1) is 11.2 Å². The maximum Gasteiger partial charge on any atom is 0.490 e. The quantitative estimate of drug-likeness (QED) is 0.248. The first kappa shape index (κ1) is 21.6. The Labute approximate surface area is 164 Å². The van der Waals surface area contributed by atoms with Crippen LogP contribution in [0.25, 0.3) is 10.9 Å². The predicted octanol–water partition coefficient (Wildman–Crippen LogP) is 5.70. The number of hydrazine groups is 1. The monoisotopic (exact) mass is 415 g/mol. The number of benzene rings is 2. The molecule has 10 heteroatoms. The summed E-state index contributed by atoms with van der Waals surface area (Å²) in [5, 5.41) is 0.359. The van der Waals surface area contributed by atoms with Crippen LogP contribution in [-0.4, -0.2) is 16.3 Å². The van der Waals surface area contributed by atoms with Crippen LogP contribution in [-0.2, 0) is 0 Å². The lowest BCUT2D eigenvalue weighted by Crippen LogP contribution is -2.35. The highest BCUT2D eigenvalue weighted by atomic mass is 35.5. The Morgan fingerprint density at radius 2 is 1.75 bits per heavy atom. The molecule has 0 saturated heterocycles. The third-order valence-corrected chi connectivity index (χ3v) is 3.75. The fourth-order valence-corrected chi connectivity index (χ4v) is 2.72. The molecule has 0 amide bonds. The maximum absolute atomic E-state index is 13.9. The van der Waals surface area contributed by atoms with Crippen molar-refractivity contribution >= 4 is 40.0 Å². The number of nitrogen functional groups attached to an aromatic ring is 1. The number of nitrogens with zero attached hydrogens (tertiary/aromatic N) is 3. The molecule has 0 aliphatic heterocycles. The smallest absolute Gasteiger partial charge is 0.292 e. The number of hydrogen-bond donors (Lipinski definition) is 2. The fourth-order valence-electron chi connectivity index (χ4n) is 2.56. The van der Waals surface area contributed by atoms with Gasteiger partial charge in [-0.2, -0.15) is 4.98 Å². The second-order valence-electron chi connectivity index (χ2n) is 5.47. The maximum atomic E-state index is 13.9. The molecule has 5 nitrogen and oxygen atoms in total. The van der Waals surface area contributed by atoms with E-state index in [1.54, 1.807) is 0 Å². The zero-order valence-corrected chi connectivity index (χ0v) is 16.0. The highest BCUT2D eigenvalue weighted by Crippen LogP contribution is 2.40. The molecule has 2 aromatic carbocycles. The van der Waals surface area contributed by atoms with Crippen molar-refractivity contribution in [2.45, 2.75) is 27.1 Å².